The summed E-state index contributed by atoms with van der Waals surface area (Å²) < 4.78 is 14.6. The zero-order valence-electron chi connectivity index (χ0n) is 15.9. The van der Waals surface area contributed by atoms with Crippen LogP contribution in [0.5, 0.6) is 0 Å². The molecule has 1 saturated heterocycles. The molecule has 2 unspecified atom stereocenters. The Morgan fingerprint density at radius 2 is 1.90 bits per heavy atom. The van der Waals surface area contributed by atoms with E-state index in [0.717, 1.165) is 24.1 Å². The van der Waals surface area contributed by atoms with E-state index in [-0.39, 0.29) is 23.6 Å². The third-order valence-electron chi connectivity index (χ3n) is 5.17. The Labute approximate surface area is 173 Å². The van der Waals surface area contributed by atoms with E-state index in [0.29, 0.717) is 17.5 Å². The molecule has 1 aliphatic rings. The van der Waals surface area contributed by atoms with E-state index in [1.54, 1.807) is 12.1 Å². The van der Waals surface area contributed by atoms with Crippen LogP contribution in [0.25, 0.3) is 0 Å². The van der Waals surface area contributed by atoms with Crippen LogP contribution in [-0.2, 0) is 6.54 Å². The van der Waals surface area contributed by atoms with E-state index in [9.17, 15) is 9.18 Å². The topological polar surface area (TPSA) is 63.1 Å². The third kappa shape index (κ3) is 4.63. The quantitative estimate of drug-likeness (QED) is 0.695. The smallest absolute Gasteiger partial charge is 0.350 e. The maximum Gasteiger partial charge on any atom is 0.352 e. The fourth-order valence-electron chi connectivity index (χ4n) is 3.68. The summed E-state index contributed by atoms with van der Waals surface area (Å²) in [6, 6.07) is 14.2. The first kappa shape index (κ1) is 19.5. The summed E-state index contributed by atoms with van der Waals surface area (Å²) in [5.41, 5.74) is 1.65. The highest BCUT2D eigenvalue weighted by Crippen LogP contribution is 2.31. The normalized spacial score (nSPS) is 19.4. The van der Waals surface area contributed by atoms with Crippen LogP contribution >= 0.6 is 11.6 Å². The first-order valence-electron chi connectivity index (χ1n) is 9.38. The number of likely N-dealkylation sites (tertiary alicyclic amines) is 1. The van der Waals surface area contributed by atoms with E-state index in [1.807, 2.05) is 31.3 Å². The molecular weight excluding hydrogens is 393 g/mol. The molecule has 0 amide bonds. The Balaban J connectivity index is 1.42. The van der Waals surface area contributed by atoms with Gasteiger partial charge in [-0.1, -0.05) is 35.9 Å². The van der Waals surface area contributed by atoms with E-state index in [2.05, 4.69) is 20.2 Å². The largest absolute Gasteiger partial charge is 0.352 e. The number of hydrogen-bond donors (Lipinski definition) is 1. The molecule has 4 rings (SSSR count). The van der Waals surface area contributed by atoms with Crippen LogP contribution in [0, 0.1) is 5.82 Å². The number of anilines is 1. The Kier molecular flexibility index (Phi) is 5.60. The summed E-state index contributed by atoms with van der Waals surface area (Å²) in [6.45, 7) is 1.16. The van der Waals surface area contributed by atoms with Crippen LogP contribution < -0.4 is 11.0 Å². The summed E-state index contributed by atoms with van der Waals surface area (Å²) in [6.07, 6.45) is 2.32. The minimum Gasteiger partial charge on any atom is -0.350 e. The number of nitrogens with zero attached hydrogens (tertiary/aromatic N) is 4. The van der Waals surface area contributed by atoms with Gasteiger partial charge in [0, 0.05) is 23.7 Å². The van der Waals surface area contributed by atoms with Crippen molar-refractivity contribution >= 4 is 17.5 Å². The summed E-state index contributed by atoms with van der Waals surface area (Å²) >= 11 is 5.89. The molecule has 150 valence electrons. The monoisotopic (exact) mass is 413 g/mol. The minimum absolute atomic E-state index is 0.0987. The summed E-state index contributed by atoms with van der Waals surface area (Å²) in [7, 11) is 2.03. The van der Waals surface area contributed by atoms with Gasteiger partial charge in [0.15, 0.2) is 0 Å². The lowest BCUT2D eigenvalue weighted by Gasteiger charge is -2.19. The minimum atomic E-state index is -0.362. The average molecular weight is 414 g/mol. The second-order valence-electron chi connectivity index (χ2n) is 7.30. The van der Waals surface area contributed by atoms with Crippen molar-refractivity contribution in [3.05, 3.63) is 87.3 Å². The molecule has 0 aliphatic carbocycles. The highest BCUT2D eigenvalue weighted by molar-refractivity contribution is 6.30. The lowest BCUT2D eigenvalue weighted by Crippen LogP contribution is -2.29. The lowest BCUT2D eigenvalue weighted by atomic mass is 10.0. The SMILES string of the molecule is CN1CC(Nc2ncn(Cc3ccc(Cl)cc3)c(=O)n2)CC1c1ccc(F)cc1. The molecule has 2 atom stereocenters. The van der Waals surface area contributed by atoms with Gasteiger partial charge in [0.05, 0.1) is 6.54 Å². The lowest BCUT2D eigenvalue weighted by molar-refractivity contribution is 0.316. The number of nitrogens with one attached hydrogen (secondary N) is 1. The molecule has 0 radical (unpaired) electrons. The molecule has 0 spiro atoms. The Bertz CT molecular complexity index is 1040. The molecule has 1 aromatic heterocycles. The first-order valence-corrected chi connectivity index (χ1v) is 9.76. The van der Waals surface area contributed by atoms with E-state index in [1.165, 1.54) is 23.0 Å². The maximum absolute atomic E-state index is 13.2. The Morgan fingerprint density at radius 3 is 2.59 bits per heavy atom. The number of aromatic nitrogens is 3. The summed E-state index contributed by atoms with van der Waals surface area (Å²) in [4.78, 5) is 22.9. The van der Waals surface area contributed by atoms with Gasteiger partial charge in [-0.15, -0.1) is 0 Å². The van der Waals surface area contributed by atoms with Gasteiger partial charge in [-0.05, 0) is 48.9 Å². The molecule has 8 heteroatoms. The number of benzene rings is 2. The molecule has 2 aromatic carbocycles. The Hall–Kier alpha value is -2.77. The van der Waals surface area contributed by atoms with Crippen molar-refractivity contribution in [2.24, 2.45) is 0 Å². The van der Waals surface area contributed by atoms with E-state index < -0.39 is 0 Å². The summed E-state index contributed by atoms with van der Waals surface area (Å²) in [5.74, 6) is 0.0807. The van der Waals surface area contributed by atoms with Crippen molar-refractivity contribution in [1.82, 2.24) is 19.4 Å². The van der Waals surface area contributed by atoms with Crippen LogP contribution in [0.3, 0.4) is 0 Å². The molecule has 0 bridgehead atoms. The zero-order chi connectivity index (χ0) is 20.4. The maximum atomic E-state index is 13.2. The van der Waals surface area contributed by atoms with Gasteiger partial charge in [-0.3, -0.25) is 9.47 Å². The number of hydrogen-bond acceptors (Lipinski definition) is 5. The number of halogens is 2. The highest BCUT2D eigenvalue weighted by atomic mass is 35.5. The van der Waals surface area contributed by atoms with Gasteiger partial charge in [0.25, 0.3) is 0 Å². The first-order chi connectivity index (χ1) is 14.0. The van der Waals surface area contributed by atoms with Crippen LogP contribution in [0.4, 0.5) is 10.3 Å². The molecule has 29 heavy (non-hydrogen) atoms. The van der Waals surface area contributed by atoms with E-state index in [4.69, 9.17) is 11.6 Å². The molecular formula is C21H21ClFN5O. The standard InChI is InChI=1S/C21H21ClFN5O/c1-27-12-18(10-19(27)15-4-8-17(23)9-5-15)25-20-24-13-28(21(29)26-20)11-14-2-6-16(22)7-3-14/h2-9,13,18-19H,10-12H2,1H3,(H,25,26,29). The highest BCUT2D eigenvalue weighted by Gasteiger charge is 2.31. The Morgan fingerprint density at radius 1 is 1.17 bits per heavy atom. The molecule has 6 nitrogen and oxygen atoms in total. The number of rotatable bonds is 5. The van der Waals surface area contributed by atoms with Crippen molar-refractivity contribution < 1.29 is 4.39 Å². The molecule has 3 aromatic rings. The van der Waals surface area contributed by atoms with Gasteiger partial charge in [-0.2, -0.15) is 4.98 Å². The summed E-state index contributed by atoms with van der Waals surface area (Å²) in [5, 5.41) is 3.90. The second kappa shape index (κ2) is 8.31. The van der Waals surface area contributed by atoms with Gasteiger partial charge >= 0.3 is 5.69 Å². The van der Waals surface area contributed by atoms with Crippen LogP contribution in [0.15, 0.2) is 59.7 Å². The predicted octanol–water partition coefficient (Wildman–Crippen LogP) is 3.34. The van der Waals surface area contributed by atoms with Gasteiger partial charge in [0.2, 0.25) is 5.95 Å². The second-order valence-corrected chi connectivity index (χ2v) is 7.74. The third-order valence-corrected chi connectivity index (χ3v) is 5.42. The van der Waals surface area contributed by atoms with Crippen LogP contribution in [-0.4, -0.2) is 39.1 Å². The molecule has 0 saturated carbocycles. The van der Waals surface area contributed by atoms with Crippen molar-refractivity contribution in [3.63, 3.8) is 0 Å². The predicted molar refractivity (Wildman–Crippen MR) is 111 cm³/mol. The fourth-order valence-corrected chi connectivity index (χ4v) is 3.81. The molecule has 1 N–H and O–H groups in total. The van der Waals surface area contributed by atoms with Crippen molar-refractivity contribution in [3.8, 4) is 0 Å². The zero-order valence-corrected chi connectivity index (χ0v) is 16.7. The van der Waals surface area contributed by atoms with Gasteiger partial charge < -0.3 is 5.32 Å². The van der Waals surface area contributed by atoms with Crippen LogP contribution in [0.2, 0.25) is 5.02 Å². The fraction of sp³-hybridized carbons (Fsp3) is 0.286. The number of likely N-dealkylation sites (N-methyl/N-ethyl adjacent to an activating group) is 1. The molecule has 1 fully saturated rings. The van der Waals surface area contributed by atoms with Gasteiger partial charge in [-0.25, -0.2) is 14.2 Å². The molecule has 1 aliphatic heterocycles. The van der Waals surface area contributed by atoms with Crippen molar-refractivity contribution in [2.75, 3.05) is 18.9 Å². The van der Waals surface area contributed by atoms with Crippen molar-refractivity contribution in [1.29, 1.82) is 0 Å². The van der Waals surface area contributed by atoms with E-state index >= 15 is 0 Å². The van der Waals surface area contributed by atoms with Crippen molar-refractivity contribution in [2.45, 2.75) is 25.0 Å². The molecule has 2 heterocycles. The van der Waals surface area contributed by atoms with Gasteiger partial charge in [0.1, 0.15) is 12.1 Å². The van der Waals surface area contributed by atoms with Crippen LogP contribution in [0.1, 0.15) is 23.6 Å². The average Bonchev–Trinajstić information content (AvgIpc) is 3.06.